The Morgan fingerprint density at radius 1 is 0.432 bits per heavy atom. The van der Waals surface area contributed by atoms with Crippen LogP contribution in [0.5, 0.6) is 0 Å². The van der Waals surface area contributed by atoms with Gasteiger partial charge in [-0.25, -0.2) is 0 Å². The summed E-state index contributed by atoms with van der Waals surface area (Å²) in [4.78, 5) is 0. The van der Waals surface area contributed by atoms with Crippen molar-refractivity contribution in [3.63, 3.8) is 0 Å². The van der Waals surface area contributed by atoms with Crippen molar-refractivity contribution in [2.75, 3.05) is 0 Å². The molecule has 0 fully saturated rings. The molecule has 37 heavy (non-hydrogen) atoms. The summed E-state index contributed by atoms with van der Waals surface area (Å²) >= 11 is 0. The molecule has 0 aliphatic rings. The minimum absolute atomic E-state index is 0.928. The molecular weight excluding hydrogens is 464 g/mol. The van der Waals surface area contributed by atoms with E-state index in [-0.39, 0.29) is 0 Å². The summed E-state index contributed by atoms with van der Waals surface area (Å²) in [7, 11) is -1.36. The highest BCUT2D eigenvalue weighted by atomic mass is 28.3. The third-order valence-corrected chi connectivity index (χ3v) is 9.70. The molecule has 7 aromatic rings. The second-order valence-electron chi connectivity index (χ2n) is 11.0. The summed E-state index contributed by atoms with van der Waals surface area (Å²) in [5.74, 6) is 0. The van der Waals surface area contributed by atoms with Crippen LogP contribution in [0, 0.1) is 0 Å². The lowest BCUT2D eigenvalue weighted by Crippen LogP contribution is -2.37. The summed E-state index contributed by atoms with van der Waals surface area (Å²) in [5.41, 5.74) is 6.94. The summed E-state index contributed by atoms with van der Waals surface area (Å²) < 4.78 is 6.13. The number of furan rings is 1. The van der Waals surface area contributed by atoms with Crippen LogP contribution in [0.25, 0.3) is 65.7 Å². The van der Waals surface area contributed by atoms with Crippen molar-refractivity contribution >= 4 is 56.7 Å². The van der Waals surface area contributed by atoms with Crippen molar-refractivity contribution < 1.29 is 4.42 Å². The van der Waals surface area contributed by atoms with Gasteiger partial charge < -0.3 is 4.42 Å². The van der Waals surface area contributed by atoms with Gasteiger partial charge in [-0.1, -0.05) is 122 Å². The first-order valence-electron chi connectivity index (χ1n) is 12.9. The number of para-hydroxylation sites is 1. The summed E-state index contributed by atoms with van der Waals surface area (Å²) in [6, 6.07) is 42.0. The Bertz CT molecular complexity index is 1900. The van der Waals surface area contributed by atoms with Gasteiger partial charge in [-0.15, -0.1) is 0 Å². The van der Waals surface area contributed by atoms with Gasteiger partial charge in [-0.2, -0.15) is 0 Å². The molecule has 0 aliphatic carbocycles. The topological polar surface area (TPSA) is 13.1 Å². The Balaban J connectivity index is 1.55. The van der Waals surface area contributed by atoms with Gasteiger partial charge >= 0.3 is 0 Å². The SMILES string of the molecule is C[Si](C)(C)c1ccc(-c2c3ccccc3c(-c3ccc4oc5ccccc5c4c3)c3ccccc23)cc1. The predicted octanol–water partition coefficient (Wildman–Crippen LogP) is 9.77. The number of hydrogen-bond acceptors (Lipinski definition) is 1. The van der Waals surface area contributed by atoms with Crippen molar-refractivity contribution in [2.45, 2.75) is 19.6 Å². The highest BCUT2D eigenvalue weighted by molar-refractivity contribution is 6.88. The zero-order chi connectivity index (χ0) is 25.1. The molecule has 0 bridgehead atoms. The molecule has 0 unspecified atom stereocenters. The molecule has 1 heterocycles. The van der Waals surface area contributed by atoms with E-state index < -0.39 is 8.07 Å². The molecule has 0 aliphatic heterocycles. The zero-order valence-electron chi connectivity index (χ0n) is 21.4. The molecule has 178 valence electrons. The second kappa shape index (κ2) is 8.19. The smallest absolute Gasteiger partial charge is 0.135 e. The van der Waals surface area contributed by atoms with Crippen molar-refractivity contribution in [2.24, 2.45) is 0 Å². The third-order valence-electron chi connectivity index (χ3n) is 7.64. The maximum absolute atomic E-state index is 6.13. The third kappa shape index (κ3) is 3.52. The van der Waals surface area contributed by atoms with Gasteiger partial charge in [-0.05, 0) is 62.0 Å². The van der Waals surface area contributed by atoms with Crippen LogP contribution in [0.1, 0.15) is 0 Å². The van der Waals surface area contributed by atoms with Crippen LogP contribution in [0.4, 0.5) is 0 Å². The summed E-state index contributed by atoms with van der Waals surface area (Å²) in [6.07, 6.45) is 0. The summed E-state index contributed by atoms with van der Waals surface area (Å²) in [5, 5.41) is 8.93. The fourth-order valence-electron chi connectivity index (χ4n) is 5.77. The lowest BCUT2D eigenvalue weighted by Gasteiger charge is -2.19. The van der Waals surface area contributed by atoms with Crippen LogP contribution in [0.2, 0.25) is 19.6 Å². The molecular formula is C35H28OSi. The van der Waals surface area contributed by atoms with Gasteiger partial charge in [0.05, 0.1) is 8.07 Å². The molecule has 2 heteroatoms. The lowest BCUT2D eigenvalue weighted by atomic mass is 9.86. The molecule has 0 saturated heterocycles. The maximum atomic E-state index is 6.13. The van der Waals surface area contributed by atoms with Gasteiger partial charge in [0.1, 0.15) is 11.2 Å². The largest absolute Gasteiger partial charge is 0.456 e. The fraction of sp³-hybridized carbons (Fsp3) is 0.0857. The van der Waals surface area contributed by atoms with Crippen LogP contribution in [0.15, 0.2) is 120 Å². The molecule has 0 radical (unpaired) electrons. The Morgan fingerprint density at radius 3 is 1.46 bits per heavy atom. The van der Waals surface area contributed by atoms with Crippen LogP contribution >= 0.6 is 0 Å². The first kappa shape index (κ1) is 22.1. The van der Waals surface area contributed by atoms with E-state index in [1.54, 1.807) is 0 Å². The van der Waals surface area contributed by atoms with E-state index in [4.69, 9.17) is 4.42 Å². The number of hydrogen-bond donors (Lipinski definition) is 0. The molecule has 0 atom stereocenters. The number of fused-ring (bicyclic) bond motifs is 5. The Labute approximate surface area is 218 Å². The van der Waals surface area contributed by atoms with Crippen molar-refractivity contribution in [1.82, 2.24) is 0 Å². The Hall–Kier alpha value is -4.14. The van der Waals surface area contributed by atoms with Crippen LogP contribution in [-0.2, 0) is 0 Å². The van der Waals surface area contributed by atoms with E-state index in [0.717, 1.165) is 21.9 Å². The first-order valence-corrected chi connectivity index (χ1v) is 16.4. The van der Waals surface area contributed by atoms with E-state index in [0.29, 0.717) is 0 Å². The van der Waals surface area contributed by atoms with E-state index >= 15 is 0 Å². The van der Waals surface area contributed by atoms with Gasteiger partial charge in [0.15, 0.2) is 0 Å². The lowest BCUT2D eigenvalue weighted by molar-refractivity contribution is 0.669. The quantitative estimate of drug-likeness (QED) is 0.177. The zero-order valence-corrected chi connectivity index (χ0v) is 22.4. The molecule has 0 amide bonds. The second-order valence-corrected chi connectivity index (χ2v) is 16.1. The average molecular weight is 493 g/mol. The maximum Gasteiger partial charge on any atom is 0.135 e. The molecule has 1 aromatic heterocycles. The molecule has 7 rings (SSSR count). The van der Waals surface area contributed by atoms with Crippen molar-refractivity contribution in [3.8, 4) is 22.3 Å². The minimum Gasteiger partial charge on any atom is -0.456 e. The monoisotopic (exact) mass is 492 g/mol. The molecule has 6 aromatic carbocycles. The highest BCUT2D eigenvalue weighted by Gasteiger charge is 2.19. The fourth-order valence-corrected chi connectivity index (χ4v) is 6.94. The van der Waals surface area contributed by atoms with E-state index in [2.05, 4.69) is 123 Å². The van der Waals surface area contributed by atoms with Crippen LogP contribution < -0.4 is 5.19 Å². The number of benzene rings is 6. The Morgan fingerprint density at radius 2 is 0.892 bits per heavy atom. The summed E-state index contributed by atoms with van der Waals surface area (Å²) in [6.45, 7) is 7.21. The minimum atomic E-state index is -1.36. The normalized spacial score (nSPS) is 12.2. The standard InChI is InChI=1S/C35H28OSi/c1-37(2,3)25-19-16-23(17-20-25)34-27-11-4-6-13-29(27)35(30-14-7-5-12-28(30)34)24-18-21-33-31(22-24)26-10-8-9-15-32(26)36-33/h4-22H,1-3H3. The molecule has 0 N–H and O–H groups in total. The van der Waals surface area contributed by atoms with Crippen molar-refractivity contribution in [1.29, 1.82) is 0 Å². The first-order chi connectivity index (χ1) is 18.0. The average Bonchev–Trinajstić information content (AvgIpc) is 3.29. The molecule has 0 saturated carbocycles. The van der Waals surface area contributed by atoms with Gasteiger partial charge in [-0.3, -0.25) is 0 Å². The van der Waals surface area contributed by atoms with Crippen LogP contribution in [-0.4, -0.2) is 8.07 Å². The van der Waals surface area contributed by atoms with Crippen LogP contribution in [0.3, 0.4) is 0 Å². The van der Waals surface area contributed by atoms with E-state index in [1.807, 2.05) is 12.1 Å². The highest BCUT2D eigenvalue weighted by Crippen LogP contribution is 2.44. The van der Waals surface area contributed by atoms with Gasteiger partial charge in [0.25, 0.3) is 0 Å². The molecule has 0 spiro atoms. The van der Waals surface area contributed by atoms with Gasteiger partial charge in [0.2, 0.25) is 0 Å². The predicted molar refractivity (Wildman–Crippen MR) is 163 cm³/mol. The van der Waals surface area contributed by atoms with E-state index in [1.165, 1.54) is 49.0 Å². The molecule has 1 nitrogen and oxygen atoms in total. The number of rotatable bonds is 3. The van der Waals surface area contributed by atoms with E-state index in [9.17, 15) is 0 Å². The van der Waals surface area contributed by atoms with Gasteiger partial charge in [0, 0.05) is 10.8 Å². The van der Waals surface area contributed by atoms with Crippen molar-refractivity contribution in [3.05, 3.63) is 115 Å². The Kier molecular flexibility index (Phi) is 4.89.